The van der Waals surface area contributed by atoms with Crippen LogP contribution in [-0.2, 0) is 38.4 Å². The van der Waals surface area contributed by atoms with Gasteiger partial charge in [0.2, 0.25) is 5.91 Å². The molecular formula is C47H55N3O9. The van der Waals surface area contributed by atoms with Gasteiger partial charge in [-0.25, -0.2) is 9.59 Å². The lowest BCUT2D eigenvalue weighted by Crippen LogP contribution is -2.56. The van der Waals surface area contributed by atoms with E-state index in [-0.39, 0.29) is 25.5 Å². The highest BCUT2D eigenvalue weighted by Crippen LogP contribution is 2.41. The summed E-state index contributed by atoms with van der Waals surface area (Å²) < 4.78 is 35.8. The highest BCUT2D eigenvalue weighted by molar-refractivity contribution is 5.90. The van der Waals surface area contributed by atoms with E-state index in [9.17, 15) is 14.4 Å². The lowest BCUT2D eigenvalue weighted by molar-refractivity contribution is -0.145. The first-order valence-corrected chi connectivity index (χ1v) is 20.6. The second kappa shape index (κ2) is 18.0. The molecule has 312 valence electrons. The van der Waals surface area contributed by atoms with Gasteiger partial charge in [0.1, 0.15) is 41.5 Å². The molecule has 0 radical (unpaired) electrons. The standard InChI is InChI=1S/C47H55N3O9/c1-29-30(2)48-21-20-40(29)57-37-16-12-31(13-17-37)22-38(45(52)54-6)49-44(51)39-23-34-24-41-42(25-35(34)26-50(39)46(53)59-47(3,4)5)58-43(28-56-41)33-14-18-36(19-15-33)55-27-32-10-8-7-9-11-32/h12-21,24-25,32,38-39,43H,7-11,22-23,26-28H2,1-6H3,(H,49,51)/t38-,39-,43+/m0/s1. The third-order valence-corrected chi connectivity index (χ3v) is 11.2. The number of benzene rings is 3. The van der Waals surface area contributed by atoms with Crippen LogP contribution in [0.3, 0.4) is 0 Å². The number of carbonyl (C=O) groups is 3. The molecule has 12 heteroatoms. The number of nitrogens with one attached hydrogen (secondary N) is 1. The third-order valence-electron chi connectivity index (χ3n) is 11.2. The summed E-state index contributed by atoms with van der Waals surface area (Å²) in [5, 5.41) is 2.88. The molecule has 0 spiro atoms. The van der Waals surface area contributed by atoms with Crippen molar-refractivity contribution in [1.82, 2.24) is 15.2 Å². The molecule has 3 atom stereocenters. The van der Waals surface area contributed by atoms with Gasteiger partial charge in [0.15, 0.2) is 17.6 Å². The average molecular weight is 806 g/mol. The first-order valence-electron chi connectivity index (χ1n) is 20.6. The van der Waals surface area contributed by atoms with Crippen molar-refractivity contribution in [1.29, 1.82) is 0 Å². The first kappa shape index (κ1) is 41.4. The normalized spacial score (nSPS) is 18.2. The molecule has 2 aliphatic heterocycles. The number of hydrogen-bond donors (Lipinski definition) is 1. The predicted octanol–water partition coefficient (Wildman–Crippen LogP) is 8.52. The smallest absolute Gasteiger partial charge is 0.411 e. The Balaban J connectivity index is 1.05. The van der Waals surface area contributed by atoms with Gasteiger partial charge in [-0.1, -0.05) is 43.5 Å². The van der Waals surface area contributed by atoms with E-state index in [0.29, 0.717) is 35.5 Å². The number of carbonyl (C=O) groups excluding carboxylic acids is 3. The monoisotopic (exact) mass is 805 g/mol. The van der Waals surface area contributed by atoms with E-state index in [0.717, 1.165) is 45.9 Å². The highest BCUT2D eigenvalue weighted by Gasteiger charge is 2.40. The zero-order chi connectivity index (χ0) is 41.7. The van der Waals surface area contributed by atoms with Crippen LogP contribution in [-0.4, -0.2) is 65.9 Å². The van der Waals surface area contributed by atoms with Crippen LogP contribution in [0.1, 0.15) is 92.5 Å². The molecule has 3 heterocycles. The Morgan fingerprint density at radius 2 is 1.63 bits per heavy atom. The van der Waals surface area contributed by atoms with Gasteiger partial charge >= 0.3 is 12.1 Å². The molecule has 1 aromatic heterocycles. The topological polar surface area (TPSA) is 135 Å². The van der Waals surface area contributed by atoms with Crippen LogP contribution < -0.4 is 24.3 Å². The Hall–Kier alpha value is -5.78. The molecule has 3 aliphatic rings. The third kappa shape index (κ3) is 10.3. The molecule has 12 nitrogen and oxygen atoms in total. The summed E-state index contributed by atoms with van der Waals surface area (Å²) >= 11 is 0. The number of aromatic nitrogens is 1. The molecule has 1 aliphatic carbocycles. The van der Waals surface area contributed by atoms with E-state index in [1.807, 2.05) is 80.6 Å². The number of amides is 2. The number of aryl methyl sites for hydroxylation is 1. The van der Waals surface area contributed by atoms with E-state index in [1.165, 1.54) is 44.1 Å². The van der Waals surface area contributed by atoms with E-state index in [1.54, 1.807) is 27.0 Å². The number of hydrogen-bond acceptors (Lipinski definition) is 10. The fourth-order valence-electron chi connectivity index (χ4n) is 7.80. The summed E-state index contributed by atoms with van der Waals surface area (Å²) in [5.74, 6) is 2.77. The Bertz CT molecular complexity index is 2120. The van der Waals surface area contributed by atoms with Crippen molar-refractivity contribution in [2.75, 3.05) is 20.3 Å². The molecule has 7 rings (SSSR count). The van der Waals surface area contributed by atoms with Crippen LogP contribution in [0.5, 0.6) is 28.7 Å². The van der Waals surface area contributed by atoms with Gasteiger partial charge in [-0.05, 0) is 118 Å². The average Bonchev–Trinajstić information content (AvgIpc) is 3.23. The van der Waals surface area contributed by atoms with Crippen molar-refractivity contribution < 1.29 is 42.8 Å². The van der Waals surface area contributed by atoms with E-state index in [4.69, 9.17) is 28.4 Å². The van der Waals surface area contributed by atoms with Crippen LogP contribution in [0.2, 0.25) is 0 Å². The summed E-state index contributed by atoms with van der Waals surface area (Å²) in [6.07, 6.45) is 7.37. The molecule has 4 aromatic rings. The molecule has 3 aromatic carbocycles. The van der Waals surface area contributed by atoms with Crippen molar-refractivity contribution in [3.8, 4) is 28.7 Å². The SMILES string of the molecule is COC(=O)[C@H](Cc1ccc(Oc2ccnc(C)c2C)cc1)NC(=O)[C@@H]1Cc2cc3c(cc2CN1C(=O)OC(C)(C)C)O[C@@H](c1ccc(OCC2CCCCC2)cc1)CO3. The second-order valence-corrected chi connectivity index (χ2v) is 16.8. The van der Waals surface area contributed by atoms with Crippen molar-refractivity contribution in [3.05, 3.63) is 106 Å². The molecule has 0 saturated heterocycles. The van der Waals surface area contributed by atoms with Gasteiger partial charge < -0.3 is 33.7 Å². The van der Waals surface area contributed by atoms with E-state index < -0.39 is 35.7 Å². The first-order chi connectivity index (χ1) is 28.3. The zero-order valence-corrected chi connectivity index (χ0v) is 34.9. The van der Waals surface area contributed by atoms with Crippen LogP contribution in [0.4, 0.5) is 4.79 Å². The summed E-state index contributed by atoms with van der Waals surface area (Å²) in [7, 11) is 1.28. The van der Waals surface area contributed by atoms with Gasteiger partial charge in [0.05, 0.1) is 20.3 Å². The maximum atomic E-state index is 14.2. The van der Waals surface area contributed by atoms with Gasteiger partial charge in [-0.3, -0.25) is 14.7 Å². The van der Waals surface area contributed by atoms with Crippen LogP contribution >= 0.6 is 0 Å². The molecule has 1 N–H and O–H groups in total. The van der Waals surface area contributed by atoms with Gasteiger partial charge in [0.25, 0.3) is 0 Å². The fourth-order valence-corrected chi connectivity index (χ4v) is 7.80. The zero-order valence-electron chi connectivity index (χ0n) is 34.9. The molecule has 2 amide bonds. The van der Waals surface area contributed by atoms with Crippen LogP contribution in [0.15, 0.2) is 72.9 Å². The minimum atomic E-state index is -1.03. The number of ether oxygens (including phenoxy) is 6. The largest absolute Gasteiger partial charge is 0.493 e. The van der Waals surface area contributed by atoms with Gasteiger partial charge in [-0.2, -0.15) is 0 Å². The minimum absolute atomic E-state index is 0.0809. The number of methoxy groups -OCH3 is 1. The Morgan fingerprint density at radius 3 is 2.34 bits per heavy atom. The van der Waals surface area contributed by atoms with Crippen molar-refractivity contribution >= 4 is 18.0 Å². The van der Waals surface area contributed by atoms with Crippen LogP contribution in [0, 0.1) is 19.8 Å². The van der Waals surface area contributed by atoms with E-state index in [2.05, 4.69) is 10.3 Å². The number of esters is 1. The molecule has 0 bridgehead atoms. The second-order valence-electron chi connectivity index (χ2n) is 16.8. The summed E-state index contributed by atoms with van der Waals surface area (Å²) in [6.45, 7) is 10.3. The number of fused-ring (bicyclic) bond motifs is 2. The number of pyridine rings is 1. The van der Waals surface area contributed by atoms with Gasteiger partial charge in [-0.15, -0.1) is 0 Å². The van der Waals surface area contributed by atoms with Crippen molar-refractivity contribution in [2.24, 2.45) is 5.92 Å². The lowest BCUT2D eigenvalue weighted by atomic mass is 9.90. The molecule has 1 saturated carbocycles. The highest BCUT2D eigenvalue weighted by atomic mass is 16.6. The summed E-state index contributed by atoms with van der Waals surface area (Å²) in [6, 6.07) is 18.8. The van der Waals surface area contributed by atoms with Crippen molar-refractivity contribution in [3.63, 3.8) is 0 Å². The quantitative estimate of drug-likeness (QED) is 0.147. The van der Waals surface area contributed by atoms with Gasteiger partial charge in [0, 0.05) is 30.3 Å². The maximum Gasteiger partial charge on any atom is 0.411 e. The molecule has 0 unspecified atom stereocenters. The maximum absolute atomic E-state index is 14.2. The Kier molecular flexibility index (Phi) is 12.6. The van der Waals surface area contributed by atoms with Crippen LogP contribution in [0.25, 0.3) is 0 Å². The summed E-state index contributed by atoms with van der Waals surface area (Å²) in [4.78, 5) is 46.8. The molecular weight excluding hydrogens is 751 g/mol. The fraction of sp³-hybridized carbons (Fsp3) is 0.447. The van der Waals surface area contributed by atoms with E-state index >= 15 is 0 Å². The van der Waals surface area contributed by atoms with Crippen molar-refractivity contribution in [2.45, 2.75) is 110 Å². The Morgan fingerprint density at radius 1 is 0.915 bits per heavy atom. The number of nitrogens with zero attached hydrogens (tertiary/aromatic N) is 2. The lowest BCUT2D eigenvalue weighted by Gasteiger charge is -2.38. The Labute approximate surface area is 346 Å². The molecule has 59 heavy (non-hydrogen) atoms. The predicted molar refractivity (Wildman–Crippen MR) is 221 cm³/mol. The number of rotatable bonds is 11. The minimum Gasteiger partial charge on any atom is -0.493 e. The summed E-state index contributed by atoms with van der Waals surface area (Å²) in [5.41, 5.74) is 4.38. The molecule has 1 fully saturated rings.